The molecule has 0 amide bonds. The third-order valence-corrected chi connectivity index (χ3v) is 1.95. The summed E-state index contributed by atoms with van der Waals surface area (Å²) in [4.78, 5) is 12.3. The third kappa shape index (κ3) is 1.42. The number of para-hydroxylation sites is 1. The zero-order chi connectivity index (χ0) is 9.97. The van der Waals surface area contributed by atoms with Gasteiger partial charge in [-0.25, -0.2) is 4.79 Å². The predicted octanol–water partition coefficient (Wildman–Crippen LogP) is 1.41. The van der Waals surface area contributed by atoms with Crippen molar-refractivity contribution in [2.24, 2.45) is 0 Å². The van der Waals surface area contributed by atoms with Crippen molar-refractivity contribution < 1.29 is 14.6 Å². The van der Waals surface area contributed by atoms with Crippen LogP contribution in [0, 0.1) is 0 Å². The van der Waals surface area contributed by atoms with E-state index in [1.54, 1.807) is 11.1 Å². The molecular weight excluding hydrogens is 182 g/mol. The number of rotatable bonds is 2. The van der Waals surface area contributed by atoms with Crippen LogP contribution in [0.15, 0.2) is 42.8 Å². The number of ether oxygens (including phenoxy) is 1. The molecule has 0 aliphatic carbocycles. The maximum absolute atomic E-state index is 10.8. The van der Waals surface area contributed by atoms with Crippen molar-refractivity contribution in [2.75, 3.05) is 4.90 Å². The summed E-state index contributed by atoms with van der Waals surface area (Å²) in [5.41, 5.74) is 0.800. The Balaban J connectivity index is 2.26. The van der Waals surface area contributed by atoms with Gasteiger partial charge in [0.05, 0.1) is 0 Å². The molecule has 14 heavy (non-hydrogen) atoms. The maximum atomic E-state index is 10.8. The van der Waals surface area contributed by atoms with Gasteiger partial charge in [-0.1, -0.05) is 18.2 Å². The van der Waals surface area contributed by atoms with E-state index in [0.29, 0.717) is 0 Å². The van der Waals surface area contributed by atoms with Crippen molar-refractivity contribution in [1.29, 1.82) is 0 Å². The predicted molar refractivity (Wildman–Crippen MR) is 50.6 cm³/mol. The van der Waals surface area contributed by atoms with Crippen molar-refractivity contribution in [1.82, 2.24) is 0 Å². The first-order chi connectivity index (χ1) is 6.79. The minimum atomic E-state index is -1.00. The molecule has 2 rings (SSSR count). The number of nitrogens with zero attached hydrogens (tertiary/aromatic N) is 1. The first-order valence-electron chi connectivity index (χ1n) is 4.17. The Kier molecular flexibility index (Phi) is 2.10. The maximum Gasteiger partial charge on any atom is 0.367 e. The molecule has 0 saturated heterocycles. The molecule has 0 spiro atoms. The highest BCUT2D eigenvalue weighted by atomic mass is 16.5. The molecule has 0 bridgehead atoms. The molecular formula is C10H9NO3. The van der Waals surface area contributed by atoms with Gasteiger partial charge in [-0.05, 0) is 12.1 Å². The summed E-state index contributed by atoms with van der Waals surface area (Å²) in [5, 5.41) is 8.84. The van der Waals surface area contributed by atoms with Crippen LogP contribution in [-0.2, 0) is 9.53 Å². The number of carboxylic acids is 1. The second-order valence-electron chi connectivity index (χ2n) is 2.85. The molecule has 0 radical (unpaired) electrons. The molecule has 0 fully saturated rings. The number of hydrogen-bond donors (Lipinski definition) is 1. The summed E-state index contributed by atoms with van der Waals surface area (Å²) in [6, 6.07) is 9.23. The lowest BCUT2D eigenvalue weighted by molar-refractivity contribution is -0.145. The SMILES string of the molecule is O=C(O)C1OC=CN1c1ccccc1. The molecule has 1 aliphatic heterocycles. The molecule has 0 saturated carbocycles. The van der Waals surface area contributed by atoms with Crippen molar-refractivity contribution in [3.63, 3.8) is 0 Å². The lowest BCUT2D eigenvalue weighted by Gasteiger charge is -2.20. The Bertz CT molecular complexity index is 361. The summed E-state index contributed by atoms with van der Waals surface area (Å²) >= 11 is 0. The Morgan fingerprint density at radius 3 is 2.71 bits per heavy atom. The molecule has 1 unspecified atom stereocenters. The summed E-state index contributed by atoms with van der Waals surface area (Å²) in [6.07, 6.45) is 2.04. The van der Waals surface area contributed by atoms with E-state index in [9.17, 15) is 4.79 Å². The highest BCUT2D eigenvalue weighted by molar-refractivity contribution is 5.78. The summed E-state index contributed by atoms with van der Waals surface area (Å²) in [5.74, 6) is -1.00. The highest BCUT2D eigenvalue weighted by Gasteiger charge is 2.28. The van der Waals surface area contributed by atoms with Gasteiger partial charge in [-0.3, -0.25) is 4.90 Å². The van der Waals surface area contributed by atoms with Gasteiger partial charge in [0.2, 0.25) is 0 Å². The standard InChI is InChI=1S/C10H9NO3/c12-10(13)9-11(6-7-14-9)8-4-2-1-3-5-8/h1-7,9H,(H,12,13). The average Bonchev–Trinajstić information content (AvgIpc) is 2.67. The molecule has 1 aliphatic rings. The average molecular weight is 191 g/mol. The largest absolute Gasteiger partial charge is 0.477 e. The Morgan fingerprint density at radius 2 is 2.07 bits per heavy atom. The molecule has 1 aromatic rings. The van der Waals surface area contributed by atoms with Crippen LogP contribution in [0.4, 0.5) is 5.69 Å². The summed E-state index contributed by atoms with van der Waals surface area (Å²) in [6.45, 7) is 0. The molecule has 1 heterocycles. The minimum Gasteiger partial charge on any atom is -0.477 e. The zero-order valence-corrected chi connectivity index (χ0v) is 7.33. The fraction of sp³-hybridized carbons (Fsp3) is 0.100. The summed E-state index contributed by atoms with van der Waals surface area (Å²) < 4.78 is 4.93. The fourth-order valence-electron chi connectivity index (χ4n) is 1.32. The fourth-order valence-corrected chi connectivity index (χ4v) is 1.32. The Labute approximate surface area is 81.0 Å². The van der Waals surface area contributed by atoms with E-state index in [2.05, 4.69) is 0 Å². The summed E-state index contributed by atoms with van der Waals surface area (Å²) in [7, 11) is 0. The molecule has 1 aromatic carbocycles. The quantitative estimate of drug-likeness (QED) is 0.767. The molecule has 1 atom stereocenters. The van der Waals surface area contributed by atoms with Crippen molar-refractivity contribution in [2.45, 2.75) is 6.23 Å². The number of benzene rings is 1. The Hall–Kier alpha value is -1.97. The van der Waals surface area contributed by atoms with Crippen LogP contribution < -0.4 is 4.90 Å². The number of carbonyl (C=O) groups is 1. The first-order valence-corrected chi connectivity index (χ1v) is 4.17. The van der Waals surface area contributed by atoms with Gasteiger partial charge >= 0.3 is 5.97 Å². The highest BCUT2D eigenvalue weighted by Crippen LogP contribution is 2.21. The number of anilines is 1. The van der Waals surface area contributed by atoms with Crippen molar-refractivity contribution in [3.05, 3.63) is 42.8 Å². The van der Waals surface area contributed by atoms with E-state index < -0.39 is 12.2 Å². The van der Waals surface area contributed by atoms with Gasteiger partial charge in [0.1, 0.15) is 6.26 Å². The lowest BCUT2D eigenvalue weighted by Crippen LogP contribution is -2.35. The van der Waals surface area contributed by atoms with Gasteiger partial charge < -0.3 is 9.84 Å². The lowest BCUT2D eigenvalue weighted by atomic mass is 10.3. The van der Waals surface area contributed by atoms with Gasteiger partial charge in [0, 0.05) is 11.9 Å². The van der Waals surface area contributed by atoms with Crippen molar-refractivity contribution in [3.8, 4) is 0 Å². The van der Waals surface area contributed by atoms with Crippen LogP contribution in [0.1, 0.15) is 0 Å². The monoisotopic (exact) mass is 191 g/mol. The van der Waals surface area contributed by atoms with Gasteiger partial charge in [-0.2, -0.15) is 0 Å². The minimum absolute atomic E-state index is 0.800. The topological polar surface area (TPSA) is 49.8 Å². The van der Waals surface area contributed by atoms with Crippen LogP contribution in [0.25, 0.3) is 0 Å². The zero-order valence-electron chi connectivity index (χ0n) is 7.33. The molecule has 72 valence electrons. The van der Waals surface area contributed by atoms with E-state index in [4.69, 9.17) is 9.84 Å². The smallest absolute Gasteiger partial charge is 0.367 e. The van der Waals surface area contributed by atoms with E-state index in [1.807, 2.05) is 30.3 Å². The molecule has 0 aromatic heterocycles. The van der Waals surface area contributed by atoms with E-state index >= 15 is 0 Å². The van der Waals surface area contributed by atoms with E-state index in [1.165, 1.54) is 6.26 Å². The molecule has 1 N–H and O–H groups in total. The molecule has 4 nitrogen and oxygen atoms in total. The molecule has 4 heteroatoms. The first kappa shape index (κ1) is 8.62. The second kappa shape index (κ2) is 3.41. The van der Waals surface area contributed by atoms with Crippen molar-refractivity contribution >= 4 is 11.7 Å². The van der Waals surface area contributed by atoms with Crippen LogP contribution in [0.3, 0.4) is 0 Å². The van der Waals surface area contributed by atoms with Crippen LogP contribution in [0.5, 0.6) is 0 Å². The van der Waals surface area contributed by atoms with Gasteiger partial charge in [0.25, 0.3) is 6.23 Å². The third-order valence-electron chi connectivity index (χ3n) is 1.95. The van der Waals surface area contributed by atoms with Gasteiger partial charge in [-0.15, -0.1) is 0 Å². The van der Waals surface area contributed by atoms with Crippen LogP contribution >= 0.6 is 0 Å². The second-order valence-corrected chi connectivity index (χ2v) is 2.85. The number of aliphatic carboxylic acids is 1. The Morgan fingerprint density at radius 1 is 1.36 bits per heavy atom. The van der Waals surface area contributed by atoms with Gasteiger partial charge in [0.15, 0.2) is 0 Å². The number of carboxylic acid groups (broad SMARTS) is 1. The van der Waals surface area contributed by atoms with E-state index in [-0.39, 0.29) is 0 Å². The van der Waals surface area contributed by atoms with Crippen LogP contribution in [-0.4, -0.2) is 17.3 Å². The van der Waals surface area contributed by atoms with E-state index in [0.717, 1.165) is 5.69 Å². The van der Waals surface area contributed by atoms with Crippen LogP contribution in [0.2, 0.25) is 0 Å². The normalized spacial score (nSPS) is 19.4. The number of hydrogen-bond acceptors (Lipinski definition) is 3.